The number of nitrogens with two attached hydrogens (primary N) is 1. The van der Waals surface area contributed by atoms with Crippen LogP contribution < -0.4 is 20.7 Å². The van der Waals surface area contributed by atoms with Gasteiger partial charge in [0.1, 0.15) is 5.75 Å². The third-order valence-electron chi connectivity index (χ3n) is 3.87. The molecule has 0 aliphatic carbocycles. The quantitative estimate of drug-likeness (QED) is 0.715. The molecule has 2 amide bonds. The summed E-state index contributed by atoms with van der Waals surface area (Å²) in [5.74, 6) is 0.0403. The monoisotopic (exact) mass is 326 g/mol. The van der Waals surface area contributed by atoms with E-state index in [0.29, 0.717) is 29.5 Å². The van der Waals surface area contributed by atoms with Gasteiger partial charge in [0.05, 0.1) is 31.1 Å². The van der Waals surface area contributed by atoms with Crippen LogP contribution >= 0.6 is 11.6 Å². The Balaban J connectivity index is 1.90. The number of nitrogens with one attached hydrogen (secondary N) is 2. The molecule has 120 valence electrons. The molecule has 2 atom stereocenters. The van der Waals surface area contributed by atoms with Crippen LogP contribution in [-0.2, 0) is 9.59 Å². The minimum absolute atomic E-state index is 0.110. The zero-order valence-electron chi connectivity index (χ0n) is 12.5. The van der Waals surface area contributed by atoms with Gasteiger partial charge >= 0.3 is 0 Å². The lowest BCUT2D eigenvalue weighted by Gasteiger charge is -2.27. The molecule has 1 aromatic rings. The standard InChI is InChI=1S/C15H20ClN3O3/c1-22-13-5-4-11(7-12(13)16)18-14(20)9-19-6-2-3-10(8-19)15(17)21/h4-5,7,10H,2-3,6,8-9H2,1H3,(H2,17,21)(H,18,20)/p+1/t10-/m0/s1. The Morgan fingerprint density at radius 1 is 1.50 bits per heavy atom. The van der Waals surface area contributed by atoms with Gasteiger partial charge in [-0.2, -0.15) is 0 Å². The summed E-state index contributed by atoms with van der Waals surface area (Å²) in [6.45, 7) is 1.81. The van der Waals surface area contributed by atoms with Gasteiger partial charge in [0, 0.05) is 5.69 Å². The normalized spacial score (nSPS) is 21.2. The van der Waals surface area contributed by atoms with Crippen LogP contribution in [0.15, 0.2) is 18.2 Å². The van der Waals surface area contributed by atoms with E-state index < -0.39 is 0 Å². The van der Waals surface area contributed by atoms with Gasteiger partial charge in [-0.15, -0.1) is 0 Å². The van der Waals surface area contributed by atoms with Crippen LogP contribution in [0.2, 0.25) is 5.02 Å². The average Bonchev–Trinajstić information content (AvgIpc) is 2.47. The fraction of sp³-hybridized carbons (Fsp3) is 0.467. The highest BCUT2D eigenvalue weighted by Gasteiger charge is 2.28. The molecule has 1 aromatic carbocycles. The van der Waals surface area contributed by atoms with E-state index in [4.69, 9.17) is 22.1 Å². The van der Waals surface area contributed by atoms with Crippen LogP contribution in [0, 0.1) is 5.92 Å². The highest BCUT2D eigenvalue weighted by molar-refractivity contribution is 6.32. The zero-order valence-corrected chi connectivity index (χ0v) is 13.3. The highest BCUT2D eigenvalue weighted by Crippen LogP contribution is 2.27. The van der Waals surface area contributed by atoms with Crippen LogP contribution in [0.3, 0.4) is 0 Å². The van der Waals surface area contributed by atoms with Crippen LogP contribution in [0.25, 0.3) is 0 Å². The zero-order chi connectivity index (χ0) is 16.1. The van der Waals surface area contributed by atoms with Crippen molar-refractivity contribution in [2.45, 2.75) is 12.8 Å². The molecule has 1 unspecified atom stereocenters. The Kier molecular flexibility index (Phi) is 5.63. The fourth-order valence-electron chi connectivity index (χ4n) is 2.73. The van der Waals surface area contributed by atoms with Crippen molar-refractivity contribution >= 4 is 29.1 Å². The van der Waals surface area contributed by atoms with E-state index in [1.807, 2.05) is 0 Å². The second-order valence-corrected chi connectivity index (χ2v) is 5.93. The number of halogens is 1. The SMILES string of the molecule is COc1ccc(NC(=O)C[NH+]2CCC[C@H](C(N)=O)C2)cc1Cl. The number of carbonyl (C=O) groups is 2. The predicted octanol–water partition coefficient (Wildman–Crippen LogP) is 0.0673. The molecule has 4 N–H and O–H groups in total. The third kappa shape index (κ3) is 4.35. The topological polar surface area (TPSA) is 85.9 Å². The first kappa shape index (κ1) is 16.6. The molecule has 0 saturated carbocycles. The van der Waals surface area contributed by atoms with E-state index in [1.165, 1.54) is 7.11 Å². The van der Waals surface area contributed by atoms with Gasteiger partial charge in [0.2, 0.25) is 5.91 Å². The van der Waals surface area contributed by atoms with E-state index in [9.17, 15) is 9.59 Å². The van der Waals surface area contributed by atoms with Crippen LogP contribution in [0.5, 0.6) is 5.75 Å². The van der Waals surface area contributed by atoms with E-state index in [2.05, 4.69) is 5.32 Å². The fourth-order valence-corrected chi connectivity index (χ4v) is 2.99. The molecule has 1 aliphatic rings. The van der Waals surface area contributed by atoms with Gasteiger partial charge < -0.3 is 20.7 Å². The Morgan fingerprint density at radius 3 is 2.91 bits per heavy atom. The van der Waals surface area contributed by atoms with Crippen molar-refractivity contribution in [3.8, 4) is 5.75 Å². The number of rotatable bonds is 5. The van der Waals surface area contributed by atoms with E-state index in [1.54, 1.807) is 18.2 Å². The molecule has 0 bridgehead atoms. The largest absolute Gasteiger partial charge is 0.495 e. The molecule has 1 heterocycles. The van der Waals surface area contributed by atoms with Crippen molar-refractivity contribution in [1.29, 1.82) is 0 Å². The van der Waals surface area contributed by atoms with Crippen LogP contribution in [0.4, 0.5) is 5.69 Å². The molecule has 6 nitrogen and oxygen atoms in total. The number of piperidine rings is 1. The van der Waals surface area contributed by atoms with Gasteiger partial charge in [-0.05, 0) is 31.0 Å². The molecule has 0 spiro atoms. The Bertz CT molecular complexity index is 565. The summed E-state index contributed by atoms with van der Waals surface area (Å²) in [5.41, 5.74) is 5.97. The number of likely N-dealkylation sites (tertiary alicyclic amines) is 1. The number of amides is 2. The summed E-state index contributed by atoms with van der Waals surface area (Å²) in [4.78, 5) is 24.4. The first-order valence-corrected chi connectivity index (χ1v) is 7.63. The van der Waals surface area contributed by atoms with E-state index >= 15 is 0 Å². The number of anilines is 1. The lowest BCUT2D eigenvalue weighted by molar-refractivity contribution is -0.899. The number of primary amides is 1. The summed E-state index contributed by atoms with van der Waals surface area (Å²) >= 11 is 6.03. The van der Waals surface area contributed by atoms with E-state index in [0.717, 1.165) is 24.3 Å². The maximum atomic E-state index is 12.1. The summed E-state index contributed by atoms with van der Waals surface area (Å²) in [6.07, 6.45) is 1.72. The lowest BCUT2D eigenvalue weighted by Crippen LogP contribution is -3.14. The predicted molar refractivity (Wildman–Crippen MR) is 84.1 cm³/mol. The van der Waals surface area contributed by atoms with Crippen molar-refractivity contribution < 1.29 is 19.2 Å². The summed E-state index contributed by atoms with van der Waals surface area (Å²) in [6, 6.07) is 5.09. The van der Waals surface area contributed by atoms with Crippen molar-refractivity contribution in [3.63, 3.8) is 0 Å². The molecule has 1 aliphatic heterocycles. The third-order valence-corrected chi connectivity index (χ3v) is 4.16. The molecular formula is C15H21ClN3O3+. The molecular weight excluding hydrogens is 306 g/mol. The summed E-state index contributed by atoms with van der Waals surface area (Å²) in [7, 11) is 1.54. The van der Waals surface area contributed by atoms with Gasteiger partial charge in [0.25, 0.3) is 5.91 Å². The molecule has 0 aromatic heterocycles. The summed E-state index contributed by atoms with van der Waals surface area (Å²) in [5, 5.41) is 3.25. The molecule has 7 heteroatoms. The van der Waals surface area contributed by atoms with Crippen molar-refractivity contribution in [2.24, 2.45) is 11.7 Å². The number of methoxy groups -OCH3 is 1. The number of ether oxygens (including phenoxy) is 1. The maximum absolute atomic E-state index is 12.1. The van der Waals surface area contributed by atoms with Gasteiger partial charge in [-0.25, -0.2) is 0 Å². The number of quaternary nitrogens is 1. The van der Waals surface area contributed by atoms with E-state index in [-0.39, 0.29) is 17.7 Å². The highest BCUT2D eigenvalue weighted by atomic mass is 35.5. The second-order valence-electron chi connectivity index (χ2n) is 5.52. The first-order valence-electron chi connectivity index (χ1n) is 7.26. The van der Waals surface area contributed by atoms with Crippen molar-refractivity contribution in [3.05, 3.63) is 23.2 Å². The molecule has 2 rings (SSSR count). The van der Waals surface area contributed by atoms with Crippen molar-refractivity contribution in [1.82, 2.24) is 0 Å². The van der Waals surface area contributed by atoms with Crippen LogP contribution in [-0.4, -0.2) is 38.6 Å². The Hall–Kier alpha value is -1.79. The average molecular weight is 327 g/mol. The minimum atomic E-state index is -0.278. The molecule has 1 fully saturated rings. The molecule has 22 heavy (non-hydrogen) atoms. The Labute approximate surface area is 134 Å². The summed E-state index contributed by atoms with van der Waals surface area (Å²) < 4.78 is 5.07. The molecule has 0 radical (unpaired) electrons. The first-order chi connectivity index (χ1) is 10.5. The molecule has 1 saturated heterocycles. The smallest absolute Gasteiger partial charge is 0.279 e. The number of hydrogen-bond acceptors (Lipinski definition) is 3. The Morgan fingerprint density at radius 2 is 2.27 bits per heavy atom. The number of hydrogen-bond donors (Lipinski definition) is 3. The van der Waals surface area contributed by atoms with Gasteiger partial charge in [0.15, 0.2) is 6.54 Å². The second kappa shape index (κ2) is 7.47. The number of carbonyl (C=O) groups excluding carboxylic acids is 2. The van der Waals surface area contributed by atoms with Gasteiger partial charge in [-0.3, -0.25) is 9.59 Å². The lowest BCUT2D eigenvalue weighted by atomic mass is 9.97. The van der Waals surface area contributed by atoms with Crippen molar-refractivity contribution in [2.75, 3.05) is 32.1 Å². The van der Waals surface area contributed by atoms with Gasteiger partial charge in [-0.1, -0.05) is 11.6 Å². The maximum Gasteiger partial charge on any atom is 0.279 e. The van der Waals surface area contributed by atoms with Crippen LogP contribution in [0.1, 0.15) is 12.8 Å². The minimum Gasteiger partial charge on any atom is -0.495 e. The number of benzene rings is 1.